The highest BCUT2D eigenvalue weighted by molar-refractivity contribution is 5.75. The highest BCUT2D eigenvalue weighted by atomic mass is 15.2. The quantitative estimate of drug-likeness (QED) is 0.663. The van der Waals surface area contributed by atoms with E-state index in [1.165, 1.54) is 11.4 Å². The summed E-state index contributed by atoms with van der Waals surface area (Å²) in [5.74, 6) is 0. The molecule has 1 heterocycles. The highest BCUT2D eigenvalue weighted by Crippen LogP contribution is 2.34. The van der Waals surface area contributed by atoms with E-state index in [0.717, 1.165) is 6.42 Å². The van der Waals surface area contributed by atoms with Crippen molar-refractivity contribution < 1.29 is 0 Å². The van der Waals surface area contributed by atoms with Crippen molar-refractivity contribution in [2.75, 3.05) is 10.6 Å². The molecule has 1 aromatic rings. The molecule has 0 radical (unpaired) electrons. The molecule has 0 bridgehead atoms. The molecule has 0 aliphatic carbocycles. The molecule has 0 amide bonds. The average Bonchev–Trinajstić information content (AvgIpc) is 2.42. The Morgan fingerprint density at radius 2 is 1.67 bits per heavy atom. The zero-order chi connectivity index (χ0) is 8.60. The first-order valence-electron chi connectivity index (χ1n) is 4.39. The van der Waals surface area contributed by atoms with Gasteiger partial charge in [-0.05, 0) is 25.5 Å². The van der Waals surface area contributed by atoms with Gasteiger partial charge in [0, 0.05) is 0 Å². The monoisotopic (exact) mass is 162 g/mol. The van der Waals surface area contributed by atoms with Gasteiger partial charge in [0.25, 0.3) is 0 Å². The highest BCUT2D eigenvalue weighted by Gasteiger charge is 2.28. The van der Waals surface area contributed by atoms with E-state index >= 15 is 0 Å². The van der Waals surface area contributed by atoms with E-state index in [9.17, 15) is 0 Å². The van der Waals surface area contributed by atoms with E-state index in [0.29, 0.717) is 0 Å². The third kappa shape index (κ3) is 1.04. The lowest BCUT2D eigenvalue weighted by Gasteiger charge is -2.23. The maximum absolute atomic E-state index is 3.45. The van der Waals surface area contributed by atoms with Gasteiger partial charge in [-0.3, -0.25) is 0 Å². The van der Waals surface area contributed by atoms with Crippen molar-refractivity contribution in [2.45, 2.75) is 25.9 Å². The van der Waals surface area contributed by atoms with E-state index < -0.39 is 0 Å². The van der Waals surface area contributed by atoms with Gasteiger partial charge in [-0.25, -0.2) is 0 Å². The minimum Gasteiger partial charge on any atom is -0.361 e. The Kier molecular flexibility index (Phi) is 1.50. The Morgan fingerprint density at radius 1 is 1.17 bits per heavy atom. The molecule has 2 rings (SSSR count). The molecule has 1 aliphatic heterocycles. The summed E-state index contributed by atoms with van der Waals surface area (Å²) < 4.78 is 0. The number of hydrogen-bond donors (Lipinski definition) is 2. The molecular formula is C10H14N2. The van der Waals surface area contributed by atoms with Gasteiger partial charge in [0.2, 0.25) is 0 Å². The fourth-order valence-electron chi connectivity index (χ4n) is 1.50. The van der Waals surface area contributed by atoms with Crippen molar-refractivity contribution in [3.63, 3.8) is 0 Å². The minimum absolute atomic E-state index is 0.0453. The number of anilines is 2. The molecule has 12 heavy (non-hydrogen) atoms. The molecule has 0 saturated carbocycles. The van der Waals surface area contributed by atoms with Gasteiger partial charge >= 0.3 is 0 Å². The van der Waals surface area contributed by atoms with Crippen LogP contribution in [-0.2, 0) is 0 Å². The minimum atomic E-state index is 0.0453. The summed E-state index contributed by atoms with van der Waals surface area (Å²) in [5.41, 5.74) is 2.47. The SMILES string of the molecule is CCC1(C)Nc2ccccc2N1. The van der Waals surface area contributed by atoms with Crippen LogP contribution in [0.3, 0.4) is 0 Å². The van der Waals surface area contributed by atoms with Crippen molar-refractivity contribution in [3.8, 4) is 0 Å². The second kappa shape index (κ2) is 2.41. The second-order valence-corrected chi connectivity index (χ2v) is 3.48. The standard InChI is InChI=1S/C10H14N2/c1-3-10(2)11-8-6-4-5-7-9(8)12-10/h4-7,11-12H,3H2,1-2H3. The van der Waals surface area contributed by atoms with Crippen molar-refractivity contribution in [2.24, 2.45) is 0 Å². The Morgan fingerprint density at radius 3 is 2.08 bits per heavy atom. The predicted octanol–water partition coefficient (Wildman–Crippen LogP) is 2.65. The van der Waals surface area contributed by atoms with Gasteiger partial charge in [-0.2, -0.15) is 0 Å². The normalized spacial score (nSPS) is 17.8. The summed E-state index contributed by atoms with van der Waals surface area (Å²) in [6.07, 6.45) is 1.07. The van der Waals surface area contributed by atoms with Crippen LogP contribution in [0, 0.1) is 0 Å². The van der Waals surface area contributed by atoms with Crippen LogP contribution in [-0.4, -0.2) is 5.66 Å². The number of rotatable bonds is 1. The van der Waals surface area contributed by atoms with Crippen molar-refractivity contribution in [3.05, 3.63) is 24.3 Å². The molecule has 64 valence electrons. The van der Waals surface area contributed by atoms with E-state index in [1.54, 1.807) is 0 Å². The van der Waals surface area contributed by atoms with Crippen LogP contribution in [0.5, 0.6) is 0 Å². The summed E-state index contributed by atoms with van der Waals surface area (Å²) in [4.78, 5) is 0. The Bertz CT molecular complexity index is 269. The summed E-state index contributed by atoms with van der Waals surface area (Å²) >= 11 is 0. The number of nitrogens with one attached hydrogen (secondary N) is 2. The molecule has 2 N–H and O–H groups in total. The topological polar surface area (TPSA) is 24.1 Å². The second-order valence-electron chi connectivity index (χ2n) is 3.48. The van der Waals surface area contributed by atoms with Crippen LogP contribution in [0.1, 0.15) is 20.3 Å². The molecule has 0 fully saturated rings. The van der Waals surface area contributed by atoms with Gasteiger partial charge in [0.15, 0.2) is 0 Å². The molecule has 0 aromatic heterocycles. The van der Waals surface area contributed by atoms with Crippen LogP contribution in [0.2, 0.25) is 0 Å². The molecular weight excluding hydrogens is 148 g/mol. The number of para-hydroxylation sites is 2. The first-order chi connectivity index (χ1) is 5.73. The lowest BCUT2D eigenvalue weighted by atomic mass is 10.1. The van der Waals surface area contributed by atoms with Gasteiger partial charge in [-0.1, -0.05) is 19.1 Å². The number of fused-ring (bicyclic) bond motifs is 1. The lowest BCUT2D eigenvalue weighted by molar-refractivity contribution is 0.580. The predicted molar refractivity (Wildman–Crippen MR) is 52.4 cm³/mol. The summed E-state index contributed by atoms with van der Waals surface area (Å²) in [5, 5.41) is 6.90. The summed E-state index contributed by atoms with van der Waals surface area (Å²) in [7, 11) is 0. The molecule has 0 saturated heterocycles. The average molecular weight is 162 g/mol. The van der Waals surface area contributed by atoms with E-state index in [4.69, 9.17) is 0 Å². The summed E-state index contributed by atoms with van der Waals surface area (Å²) in [6.45, 7) is 4.35. The maximum atomic E-state index is 3.45. The van der Waals surface area contributed by atoms with E-state index in [-0.39, 0.29) is 5.66 Å². The van der Waals surface area contributed by atoms with Crippen molar-refractivity contribution >= 4 is 11.4 Å². The fourth-order valence-corrected chi connectivity index (χ4v) is 1.50. The third-order valence-corrected chi connectivity index (χ3v) is 2.46. The number of benzene rings is 1. The maximum Gasteiger partial charge on any atom is 0.105 e. The van der Waals surface area contributed by atoms with E-state index in [1.807, 2.05) is 0 Å². The van der Waals surface area contributed by atoms with Gasteiger partial charge in [-0.15, -0.1) is 0 Å². The molecule has 0 atom stereocenters. The molecule has 2 nitrogen and oxygen atoms in total. The first kappa shape index (κ1) is 7.47. The van der Waals surface area contributed by atoms with Crippen LogP contribution < -0.4 is 10.6 Å². The fraction of sp³-hybridized carbons (Fsp3) is 0.400. The molecule has 0 spiro atoms. The third-order valence-electron chi connectivity index (χ3n) is 2.46. The summed E-state index contributed by atoms with van der Waals surface area (Å²) in [6, 6.07) is 8.30. The zero-order valence-electron chi connectivity index (χ0n) is 7.52. The molecule has 1 aromatic carbocycles. The number of hydrogen-bond acceptors (Lipinski definition) is 2. The van der Waals surface area contributed by atoms with Gasteiger partial charge in [0.1, 0.15) is 5.66 Å². The van der Waals surface area contributed by atoms with Crippen LogP contribution in [0.25, 0.3) is 0 Å². The Labute approximate surface area is 73.0 Å². The first-order valence-corrected chi connectivity index (χ1v) is 4.39. The molecule has 0 unspecified atom stereocenters. The van der Waals surface area contributed by atoms with E-state index in [2.05, 4.69) is 48.7 Å². The molecule has 1 aliphatic rings. The largest absolute Gasteiger partial charge is 0.361 e. The van der Waals surface area contributed by atoms with Crippen molar-refractivity contribution in [1.82, 2.24) is 0 Å². The van der Waals surface area contributed by atoms with Gasteiger partial charge < -0.3 is 10.6 Å². The van der Waals surface area contributed by atoms with Crippen LogP contribution in [0.4, 0.5) is 11.4 Å². The Hall–Kier alpha value is -1.18. The van der Waals surface area contributed by atoms with Crippen LogP contribution >= 0.6 is 0 Å². The van der Waals surface area contributed by atoms with Crippen LogP contribution in [0.15, 0.2) is 24.3 Å². The smallest absolute Gasteiger partial charge is 0.105 e. The van der Waals surface area contributed by atoms with Gasteiger partial charge in [0.05, 0.1) is 11.4 Å². The zero-order valence-corrected chi connectivity index (χ0v) is 7.52. The Balaban J connectivity index is 2.33. The van der Waals surface area contributed by atoms with Crippen molar-refractivity contribution in [1.29, 1.82) is 0 Å². The molecule has 2 heteroatoms. The lowest BCUT2D eigenvalue weighted by Crippen LogP contribution is -2.37.